The molecule has 1 saturated heterocycles. The Labute approximate surface area is 203 Å². The first-order valence-corrected chi connectivity index (χ1v) is 13.4. The number of carbonyl (C=O) groups excluding carboxylic acids is 1. The topological polar surface area (TPSA) is 79.9 Å². The van der Waals surface area contributed by atoms with Crippen LogP contribution in [0.3, 0.4) is 0 Å². The highest BCUT2D eigenvalue weighted by Crippen LogP contribution is 2.27. The Bertz CT molecular complexity index is 498. The molecule has 1 aliphatic rings. The van der Waals surface area contributed by atoms with E-state index in [-0.39, 0.29) is 23.1 Å². The Morgan fingerprint density at radius 3 is 2.15 bits per heavy atom. The molecule has 1 rings (SSSR count). The Kier molecular flexibility index (Phi) is 16.2. The van der Waals surface area contributed by atoms with Gasteiger partial charge in [0.15, 0.2) is 5.79 Å². The Balaban J connectivity index is 1.94. The average Bonchev–Trinajstić information content (AvgIpc) is 3.11. The van der Waals surface area contributed by atoms with Crippen molar-refractivity contribution in [2.75, 3.05) is 47.0 Å². The number of hydrogen-bond acceptors (Lipinski definition) is 5. The number of quaternary nitrogens is 1. The molecule has 0 aromatic heterocycles. The van der Waals surface area contributed by atoms with Crippen molar-refractivity contribution in [3.63, 3.8) is 0 Å². The third kappa shape index (κ3) is 17.4. The maximum Gasteiger partial charge on any atom is 0.225 e. The SMILES string of the molecule is CCCCCCCCCCCCCCOCC1COC(C)(CC(=O)NCCC[N+](C)(C)[O-])O1. The number of hydroxylamine groups is 3. The lowest BCUT2D eigenvalue weighted by Gasteiger charge is -2.33. The van der Waals surface area contributed by atoms with Crippen LogP contribution in [0.25, 0.3) is 0 Å². The molecule has 0 radical (unpaired) electrons. The molecule has 0 aromatic carbocycles. The van der Waals surface area contributed by atoms with E-state index in [2.05, 4.69) is 12.2 Å². The van der Waals surface area contributed by atoms with E-state index in [0.717, 1.165) is 13.0 Å². The lowest BCUT2D eigenvalue weighted by atomic mass is 10.1. The Morgan fingerprint density at radius 1 is 1.00 bits per heavy atom. The number of unbranched alkanes of at least 4 members (excludes halogenated alkanes) is 11. The summed E-state index contributed by atoms with van der Waals surface area (Å²) in [6.45, 7) is 6.74. The summed E-state index contributed by atoms with van der Waals surface area (Å²) in [7, 11) is 3.20. The number of amides is 1. The van der Waals surface area contributed by atoms with Gasteiger partial charge in [-0.3, -0.25) is 4.79 Å². The quantitative estimate of drug-likeness (QED) is 0.139. The molecule has 7 nitrogen and oxygen atoms in total. The smallest absolute Gasteiger partial charge is 0.225 e. The molecule has 0 aromatic rings. The number of ether oxygens (including phenoxy) is 3. The minimum Gasteiger partial charge on any atom is -0.633 e. The van der Waals surface area contributed by atoms with E-state index < -0.39 is 5.79 Å². The highest BCUT2D eigenvalue weighted by atomic mass is 16.7. The zero-order valence-corrected chi connectivity index (χ0v) is 22.0. The summed E-state index contributed by atoms with van der Waals surface area (Å²) in [6.07, 6.45) is 16.7. The first-order valence-electron chi connectivity index (χ1n) is 13.4. The summed E-state index contributed by atoms with van der Waals surface area (Å²) in [6, 6.07) is 0. The van der Waals surface area contributed by atoms with E-state index in [1.165, 1.54) is 70.6 Å². The zero-order valence-electron chi connectivity index (χ0n) is 22.0. The van der Waals surface area contributed by atoms with E-state index >= 15 is 0 Å². The maximum atomic E-state index is 12.1. The van der Waals surface area contributed by atoms with E-state index in [4.69, 9.17) is 14.2 Å². The van der Waals surface area contributed by atoms with Crippen molar-refractivity contribution in [1.29, 1.82) is 0 Å². The van der Waals surface area contributed by atoms with Crippen LogP contribution in [0.4, 0.5) is 0 Å². The lowest BCUT2D eigenvalue weighted by Crippen LogP contribution is -2.38. The van der Waals surface area contributed by atoms with Gasteiger partial charge in [0.1, 0.15) is 6.10 Å². The molecule has 196 valence electrons. The van der Waals surface area contributed by atoms with Crippen LogP contribution in [0.1, 0.15) is 104 Å². The van der Waals surface area contributed by atoms with Crippen LogP contribution in [-0.2, 0) is 19.0 Å². The van der Waals surface area contributed by atoms with E-state index in [9.17, 15) is 10.0 Å². The molecule has 33 heavy (non-hydrogen) atoms. The summed E-state index contributed by atoms with van der Waals surface area (Å²) in [4.78, 5) is 12.1. The fourth-order valence-corrected chi connectivity index (χ4v) is 4.17. The normalized spacial score (nSPS) is 20.9. The molecule has 0 aliphatic carbocycles. The molecule has 1 fully saturated rings. The second-order valence-corrected chi connectivity index (χ2v) is 10.3. The summed E-state index contributed by atoms with van der Waals surface area (Å²) in [5.41, 5.74) is 0. The zero-order chi connectivity index (χ0) is 24.4. The molecule has 7 heteroatoms. The number of nitrogens with zero attached hydrogens (tertiary/aromatic N) is 1. The molecule has 1 heterocycles. The van der Waals surface area contributed by atoms with Crippen molar-refractivity contribution in [1.82, 2.24) is 5.32 Å². The minimum absolute atomic E-state index is 0.119. The van der Waals surface area contributed by atoms with Crippen molar-refractivity contribution in [2.24, 2.45) is 0 Å². The second-order valence-electron chi connectivity index (χ2n) is 10.3. The van der Waals surface area contributed by atoms with Crippen LogP contribution in [0.5, 0.6) is 0 Å². The van der Waals surface area contributed by atoms with Crippen molar-refractivity contribution >= 4 is 5.91 Å². The van der Waals surface area contributed by atoms with Crippen molar-refractivity contribution in [3.8, 4) is 0 Å². The number of carbonyl (C=O) groups is 1. The van der Waals surface area contributed by atoms with Gasteiger partial charge in [0.25, 0.3) is 0 Å². The van der Waals surface area contributed by atoms with E-state index in [1.54, 1.807) is 21.0 Å². The fraction of sp³-hybridized carbons (Fsp3) is 0.962. The number of rotatable bonds is 21. The van der Waals surface area contributed by atoms with Crippen LogP contribution in [0.2, 0.25) is 0 Å². The van der Waals surface area contributed by atoms with Crippen LogP contribution in [-0.4, -0.2) is 69.5 Å². The monoisotopic (exact) mass is 472 g/mol. The first kappa shape index (κ1) is 30.3. The van der Waals surface area contributed by atoms with Crippen LogP contribution in [0, 0.1) is 5.21 Å². The van der Waals surface area contributed by atoms with Gasteiger partial charge in [0.2, 0.25) is 5.91 Å². The molecule has 2 atom stereocenters. The molecule has 1 amide bonds. The van der Waals surface area contributed by atoms with Gasteiger partial charge in [-0.25, -0.2) is 0 Å². The highest BCUT2D eigenvalue weighted by Gasteiger charge is 2.39. The van der Waals surface area contributed by atoms with Gasteiger partial charge >= 0.3 is 0 Å². The summed E-state index contributed by atoms with van der Waals surface area (Å²) >= 11 is 0. The summed E-state index contributed by atoms with van der Waals surface area (Å²) in [5.74, 6) is -1.02. The molecule has 0 saturated carbocycles. The Hall–Kier alpha value is -0.730. The number of hydrogen-bond donors (Lipinski definition) is 1. The third-order valence-corrected chi connectivity index (χ3v) is 6.11. The minimum atomic E-state index is -0.901. The Morgan fingerprint density at radius 2 is 1.58 bits per heavy atom. The average molecular weight is 473 g/mol. The fourth-order valence-electron chi connectivity index (χ4n) is 4.17. The highest BCUT2D eigenvalue weighted by molar-refractivity contribution is 5.76. The predicted molar refractivity (Wildman–Crippen MR) is 134 cm³/mol. The second kappa shape index (κ2) is 17.7. The standard InChI is InChI=1S/C26H52N2O5/c1-5-6-7-8-9-10-11-12-13-14-15-16-20-31-22-24-23-32-26(2,33-24)21-25(29)27-18-17-19-28(3,4)30/h24H,5-23H2,1-4H3,(H,27,29). The molecular formula is C26H52N2O5. The molecule has 0 spiro atoms. The molecule has 2 unspecified atom stereocenters. The van der Waals surface area contributed by atoms with Gasteiger partial charge in [-0.15, -0.1) is 0 Å². The molecule has 0 bridgehead atoms. The van der Waals surface area contributed by atoms with Crippen molar-refractivity contribution in [3.05, 3.63) is 5.21 Å². The van der Waals surface area contributed by atoms with Gasteiger partial charge in [0.05, 0.1) is 40.3 Å². The van der Waals surface area contributed by atoms with Gasteiger partial charge in [-0.05, 0) is 13.3 Å². The van der Waals surface area contributed by atoms with Crippen LogP contribution >= 0.6 is 0 Å². The first-order chi connectivity index (χ1) is 15.7. The third-order valence-electron chi connectivity index (χ3n) is 6.11. The van der Waals surface area contributed by atoms with Gasteiger partial charge in [0, 0.05) is 19.6 Å². The number of nitrogens with one attached hydrogen (secondary N) is 1. The van der Waals surface area contributed by atoms with Gasteiger partial charge in [-0.2, -0.15) is 0 Å². The van der Waals surface area contributed by atoms with Crippen LogP contribution in [0.15, 0.2) is 0 Å². The summed E-state index contributed by atoms with van der Waals surface area (Å²) in [5, 5.41) is 14.4. The van der Waals surface area contributed by atoms with Gasteiger partial charge < -0.3 is 29.4 Å². The van der Waals surface area contributed by atoms with E-state index in [1.807, 2.05) is 0 Å². The lowest BCUT2D eigenvalue weighted by molar-refractivity contribution is -0.840. The largest absolute Gasteiger partial charge is 0.633 e. The van der Waals surface area contributed by atoms with Crippen molar-refractivity contribution in [2.45, 2.75) is 116 Å². The predicted octanol–water partition coefficient (Wildman–Crippen LogP) is 5.31. The van der Waals surface area contributed by atoms with Gasteiger partial charge in [-0.1, -0.05) is 77.6 Å². The molecular weight excluding hydrogens is 420 g/mol. The van der Waals surface area contributed by atoms with E-state index in [0.29, 0.717) is 32.7 Å². The van der Waals surface area contributed by atoms with Crippen LogP contribution < -0.4 is 5.32 Å². The van der Waals surface area contributed by atoms with Crippen molar-refractivity contribution < 1.29 is 23.7 Å². The molecule has 1 N–H and O–H groups in total. The molecule has 1 aliphatic heterocycles. The summed E-state index contributed by atoms with van der Waals surface area (Å²) < 4.78 is 17.1. The maximum absolute atomic E-state index is 12.1.